The molecule has 0 aliphatic heterocycles. The van der Waals surface area contributed by atoms with Crippen molar-refractivity contribution in [3.8, 4) is 5.75 Å². The van der Waals surface area contributed by atoms with Crippen molar-refractivity contribution in [2.75, 3.05) is 20.2 Å². The lowest BCUT2D eigenvalue weighted by molar-refractivity contribution is -0.121. The highest BCUT2D eigenvalue weighted by atomic mass is 79.9. The fourth-order valence-corrected chi connectivity index (χ4v) is 1.96. The van der Waals surface area contributed by atoms with Crippen LogP contribution < -0.4 is 15.4 Å². The molecule has 0 radical (unpaired) electrons. The summed E-state index contributed by atoms with van der Waals surface area (Å²) in [6, 6.07) is 5.96. The number of ether oxygens (including phenoxy) is 1. The average Bonchev–Trinajstić information content (AvgIpc) is 2.38. The molecule has 0 saturated heterocycles. The molecule has 1 rings (SSSR count). The maximum absolute atomic E-state index is 11.0. The fraction of sp³-hybridized carbons (Fsp3) is 0.462. The topological polar surface area (TPSA) is 50.4 Å². The Hall–Kier alpha value is -1.07. The van der Waals surface area contributed by atoms with Gasteiger partial charge in [-0.25, -0.2) is 0 Å². The molecule has 0 unspecified atom stereocenters. The van der Waals surface area contributed by atoms with Crippen LogP contribution in [-0.4, -0.2) is 26.1 Å². The molecule has 0 bridgehead atoms. The van der Waals surface area contributed by atoms with Gasteiger partial charge in [0, 0.05) is 13.6 Å². The maximum atomic E-state index is 11.0. The molecule has 0 aliphatic carbocycles. The Bertz CT molecular complexity index is 397. The summed E-state index contributed by atoms with van der Waals surface area (Å²) in [5, 5.41) is 5.82. The molecule has 5 heteroatoms. The van der Waals surface area contributed by atoms with E-state index in [9.17, 15) is 4.79 Å². The van der Waals surface area contributed by atoms with E-state index in [4.69, 9.17) is 4.74 Å². The van der Waals surface area contributed by atoms with Crippen LogP contribution in [0.3, 0.4) is 0 Å². The predicted octanol–water partition coefficient (Wildman–Crippen LogP) is 2.07. The Morgan fingerprint density at radius 2 is 2.22 bits per heavy atom. The van der Waals surface area contributed by atoms with Gasteiger partial charge in [-0.05, 0) is 40.2 Å². The molecule has 18 heavy (non-hydrogen) atoms. The minimum absolute atomic E-state index is 0.0186. The van der Waals surface area contributed by atoms with E-state index in [-0.39, 0.29) is 5.91 Å². The minimum atomic E-state index is -0.0186. The van der Waals surface area contributed by atoms with Crippen LogP contribution in [-0.2, 0) is 11.3 Å². The van der Waals surface area contributed by atoms with Crippen molar-refractivity contribution < 1.29 is 9.53 Å². The summed E-state index contributed by atoms with van der Waals surface area (Å²) >= 11 is 3.47. The summed E-state index contributed by atoms with van der Waals surface area (Å²) < 4.78 is 6.45. The second kappa shape index (κ2) is 8.11. The minimum Gasteiger partial charge on any atom is -0.492 e. The number of amides is 1. The van der Waals surface area contributed by atoms with E-state index in [1.54, 1.807) is 7.05 Å². The van der Waals surface area contributed by atoms with Crippen LogP contribution in [0.1, 0.15) is 18.9 Å². The lowest BCUT2D eigenvalue weighted by Gasteiger charge is -2.09. The number of rotatable bonds is 7. The number of benzene rings is 1. The van der Waals surface area contributed by atoms with Crippen molar-refractivity contribution in [2.24, 2.45) is 0 Å². The third kappa shape index (κ3) is 5.06. The van der Waals surface area contributed by atoms with Crippen LogP contribution >= 0.6 is 15.9 Å². The SMILES string of the molecule is CCNCc1ccc(OCCC(=O)NC)c(Br)c1. The predicted molar refractivity (Wildman–Crippen MR) is 75.7 cm³/mol. The maximum Gasteiger partial charge on any atom is 0.223 e. The van der Waals surface area contributed by atoms with E-state index in [2.05, 4.69) is 33.5 Å². The number of hydrogen-bond acceptors (Lipinski definition) is 3. The van der Waals surface area contributed by atoms with Gasteiger partial charge in [0.15, 0.2) is 0 Å². The second-order valence-corrected chi connectivity index (χ2v) is 4.67. The number of carbonyl (C=O) groups is 1. The van der Waals surface area contributed by atoms with Gasteiger partial charge >= 0.3 is 0 Å². The van der Waals surface area contributed by atoms with E-state index in [0.29, 0.717) is 13.0 Å². The molecule has 0 saturated carbocycles. The van der Waals surface area contributed by atoms with Gasteiger partial charge < -0.3 is 15.4 Å². The van der Waals surface area contributed by atoms with Gasteiger partial charge in [-0.1, -0.05) is 13.0 Å². The summed E-state index contributed by atoms with van der Waals surface area (Å²) in [4.78, 5) is 11.0. The average molecular weight is 315 g/mol. The number of hydrogen-bond donors (Lipinski definition) is 2. The summed E-state index contributed by atoms with van der Waals surface area (Å²) in [7, 11) is 1.62. The standard InChI is InChI=1S/C13H19BrN2O2/c1-3-16-9-10-4-5-12(11(14)8-10)18-7-6-13(17)15-2/h4-5,8,16H,3,6-7,9H2,1-2H3,(H,15,17). The normalized spacial score (nSPS) is 10.2. The number of halogens is 1. The first kappa shape index (κ1) is 15.0. The Morgan fingerprint density at radius 1 is 1.44 bits per heavy atom. The highest BCUT2D eigenvalue weighted by molar-refractivity contribution is 9.10. The Labute approximate surface area is 116 Å². The monoisotopic (exact) mass is 314 g/mol. The molecule has 100 valence electrons. The highest BCUT2D eigenvalue weighted by Crippen LogP contribution is 2.26. The Morgan fingerprint density at radius 3 is 2.83 bits per heavy atom. The first-order chi connectivity index (χ1) is 8.67. The lowest BCUT2D eigenvalue weighted by atomic mass is 10.2. The van der Waals surface area contributed by atoms with Crippen molar-refractivity contribution >= 4 is 21.8 Å². The van der Waals surface area contributed by atoms with E-state index < -0.39 is 0 Å². The van der Waals surface area contributed by atoms with Crippen LogP contribution in [0, 0.1) is 0 Å². The van der Waals surface area contributed by atoms with E-state index >= 15 is 0 Å². The molecular formula is C13H19BrN2O2. The summed E-state index contributed by atoms with van der Waals surface area (Å²) in [5.41, 5.74) is 1.20. The van der Waals surface area contributed by atoms with Crippen LogP contribution in [0.25, 0.3) is 0 Å². The molecule has 0 heterocycles. The Kier molecular flexibility index (Phi) is 6.75. The second-order valence-electron chi connectivity index (χ2n) is 3.82. The molecule has 0 atom stereocenters. The number of carbonyl (C=O) groups excluding carboxylic acids is 1. The van der Waals surface area contributed by atoms with Crippen molar-refractivity contribution in [1.29, 1.82) is 0 Å². The smallest absolute Gasteiger partial charge is 0.223 e. The van der Waals surface area contributed by atoms with Gasteiger partial charge in [0.1, 0.15) is 5.75 Å². The van der Waals surface area contributed by atoms with Crippen molar-refractivity contribution in [2.45, 2.75) is 19.9 Å². The lowest BCUT2D eigenvalue weighted by Crippen LogP contribution is -2.20. The molecule has 2 N–H and O–H groups in total. The highest BCUT2D eigenvalue weighted by Gasteiger charge is 2.04. The van der Waals surface area contributed by atoms with E-state index in [0.717, 1.165) is 23.3 Å². The van der Waals surface area contributed by atoms with Crippen molar-refractivity contribution in [1.82, 2.24) is 10.6 Å². The van der Waals surface area contributed by atoms with E-state index in [1.807, 2.05) is 18.2 Å². The van der Waals surface area contributed by atoms with Crippen LogP contribution in [0.2, 0.25) is 0 Å². The molecule has 0 spiro atoms. The molecule has 0 aliphatic rings. The molecule has 1 aromatic carbocycles. The third-order valence-electron chi connectivity index (χ3n) is 2.44. The van der Waals surface area contributed by atoms with Crippen LogP contribution in [0.15, 0.2) is 22.7 Å². The zero-order chi connectivity index (χ0) is 13.4. The quantitative estimate of drug-likeness (QED) is 0.810. The molecule has 1 amide bonds. The summed E-state index contributed by atoms with van der Waals surface area (Å²) in [6.07, 6.45) is 0.363. The van der Waals surface area contributed by atoms with Gasteiger partial charge in [-0.3, -0.25) is 4.79 Å². The summed E-state index contributed by atoms with van der Waals surface area (Å²) in [6.45, 7) is 4.24. The molecular weight excluding hydrogens is 296 g/mol. The van der Waals surface area contributed by atoms with Crippen molar-refractivity contribution in [3.63, 3.8) is 0 Å². The van der Waals surface area contributed by atoms with Crippen LogP contribution in [0.5, 0.6) is 5.75 Å². The zero-order valence-corrected chi connectivity index (χ0v) is 12.3. The van der Waals surface area contributed by atoms with Gasteiger partial charge in [0.25, 0.3) is 0 Å². The van der Waals surface area contributed by atoms with Gasteiger partial charge in [0.2, 0.25) is 5.91 Å². The van der Waals surface area contributed by atoms with Gasteiger partial charge in [-0.2, -0.15) is 0 Å². The molecule has 1 aromatic rings. The summed E-state index contributed by atoms with van der Waals surface area (Å²) in [5.74, 6) is 0.744. The zero-order valence-electron chi connectivity index (χ0n) is 10.8. The van der Waals surface area contributed by atoms with Crippen molar-refractivity contribution in [3.05, 3.63) is 28.2 Å². The molecule has 4 nitrogen and oxygen atoms in total. The van der Waals surface area contributed by atoms with Gasteiger partial charge in [-0.15, -0.1) is 0 Å². The fourth-order valence-electron chi connectivity index (χ4n) is 1.42. The van der Waals surface area contributed by atoms with Gasteiger partial charge in [0.05, 0.1) is 17.5 Å². The Balaban J connectivity index is 2.49. The first-order valence-corrected chi connectivity index (χ1v) is 6.79. The first-order valence-electron chi connectivity index (χ1n) is 6.00. The third-order valence-corrected chi connectivity index (χ3v) is 3.06. The number of nitrogens with one attached hydrogen (secondary N) is 2. The molecule has 0 aromatic heterocycles. The van der Waals surface area contributed by atoms with Crippen LogP contribution in [0.4, 0.5) is 0 Å². The molecule has 0 fully saturated rings. The largest absolute Gasteiger partial charge is 0.492 e. The van der Waals surface area contributed by atoms with E-state index in [1.165, 1.54) is 5.56 Å².